The van der Waals surface area contributed by atoms with E-state index in [0.29, 0.717) is 19.6 Å². The highest BCUT2D eigenvalue weighted by atomic mass is 19.3. The molecule has 0 saturated heterocycles. The molecule has 19 heavy (non-hydrogen) atoms. The van der Waals surface area contributed by atoms with Crippen molar-refractivity contribution < 1.29 is 13.5 Å². The Kier molecular flexibility index (Phi) is 4.33. The summed E-state index contributed by atoms with van der Waals surface area (Å²) in [4.78, 5) is 0. The van der Waals surface area contributed by atoms with Crippen LogP contribution in [0.2, 0.25) is 0 Å². The van der Waals surface area contributed by atoms with Crippen LogP contribution in [0.15, 0.2) is 36.5 Å². The lowest BCUT2D eigenvalue weighted by atomic mass is 10.3. The maximum atomic E-state index is 12.7. The van der Waals surface area contributed by atoms with Crippen LogP contribution in [0, 0.1) is 0 Å². The van der Waals surface area contributed by atoms with Gasteiger partial charge in [-0.1, -0.05) is 18.2 Å². The maximum absolute atomic E-state index is 12.7. The molecule has 0 fully saturated rings. The Morgan fingerprint density at radius 1 is 1.26 bits per heavy atom. The van der Waals surface area contributed by atoms with Gasteiger partial charge in [0.15, 0.2) is 0 Å². The smallest absolute Gasteiger partial charge is 0.282 e. The molecule has 102 valence electrons. The molecule has 6 heteroatoms. The van der Waals surface area contributed by atoms with Gasteiger partial charge < -0.3 is 10.5 Å². The zero-order valence-corrected chi connectivity index (χ0v) is 10.3. The fourth-order valence-corrected chi connectivity index (χ4v) is 1.75. The van der Waals surface area contributed by atoms with Gasteiger partial charge in [-0.05, 0) is 12.1 Å². The Balaban J connectivity index is 1.83. The molecule has 0 unspecified atom stereocenters. The number of aryl methyl sites for hydroxylation is 1. The number of nitrogens with two attached hydrogens (primary N) is 1. The van der Waals surface area contributed by atoms with Crippen LogP contribution < -0.4 is 10.5 Å². The molecule has 0 radical (unpaired) electrons. The van der Waals surface area contributed by atoms with Crippen molar-refractivity contribution in [2.75, 3.05) is 12.3 Å². The molecule has 0 saturated carbocycles. The molecule has 1 aromatic heterocycles. The van der Waals surface area contributed by atoms with Gasteiger partial charge in [0.1, 0.15) is 11.4 Å². The number of halogens is 2. The lowest BCUT2D eigenvalue weighted by Gasteiger charge is -2.08. The first-order valence-corrected chi connectivity index (χ1v) is 5.95. The number of aromatic nitrogens is 2. The largest absolute Gasteiger partial charge is 0.494 e. The van der Waals surface area contributed by atoms with E-state index in [1.165, 1.54) is 10.9 Å². The van der Waals surface area contributed by atoms with E-state index < -0.39 is 6.43 Å². The summed E-state index contributed by atoms with van der Waals surface area (Å²) in [6, 6.07) is 9.33. The average Bonchev–Trinajstić information content (AvgIpc) is 2.77. The first-order chi connectivity index (χ1) is 9.18. The summed E-state index contributed by atoms with van der Waals surface area (Å²) in [5.41, 5.74) is 5.25. The fraction of sp³-hybridized carbons (Fsp3) is 0.308. The predicted octanol–water partition coefficient (Wildman–Crippen LogP) is 2.87. The minimum Gasteiger partial charge on any atom is -0.494 e. The van der Waals surface area contributed by atoms with Gasteiger partial charge in [-0.3, -0.25) is 4.68 Å². The van der Waals surface area contributed by atoms with E-state index in [0.717, 1.165) is 5.75 Å². The van der Waals surface area contributed by atoms with Gasteiger partial charge in [-0.2, -0.15) is 5.10 Å². The van der Waals surface area contributed by atoms with Crippen LogP contribution in [-0.4, -0.2) is 16.4 Å². The van der Waals surface area contributed by atoms with Crippen LogP contribution in [0.3, 0.4) is 0 Å². The molecule has 0 spiro atoms. The van der Waals surface area contributed by atoms with Gasteiger partial charge in [0.05, 0.1) is 18.5 Å². The van der Waals surface area contributed by atoms with Gasteiger partial charge in [0.2, 0.25) is 0 Å². The Labute approximate surface area is 109 Å². The van der Waals surface area contributed by atoms with Crippen molar-refractivity contribution >= 4 is 5.69 Å². The first kappa shape index (κ1) is 13.3. The van der Waals surface area contributed by atoms with Gasteiger partial charge >= 0.3 is 0 Å². The maximum Gasteiger partial charge on any atom is 0.282 e. The quantitative estimate of drug-likeness (QED) is 0.819. The minimum atomic E-state index is -2.61. The Hall–Kier alpha value is -2.11. The number of ether oxygens (including phenoxy) is 1. The molecular weight excluding hydrogens is 252 g/mol. The average molecular weight is 267 g/mol. The van der Waals surface area contributed by atoms with E-state index in [1.807, 2.05) is 30.3 Å². The van der Waals surface area contributed by atoms with E-state index >= 15 is 0 Å². The molecule has 2 rings (SSSR count). The standard InChI is InChI=1S/C13H15F2N3O/c14-13(15)12-11(16)9-17-18(12)7-4-8-19-10-5-2-1-3-6-10/h1-3,5-6,9,13H,4,7-8,16H2. The van der Waals surface area contributed by atoms with Crippen molar-refractivity contribution in [3.63, 3.8) is 0 Å². The van der Waals surface area contributed by atoms with E-state index in [2.05, 4.69) is 5.10 Å². The number of nitrogen functional groups attached to an aromatic ring is 1. The molecule has 0 bridgehead atoms. The van der Waals surface area contributed by atoms with Crippen LogP contribution in [0.25, 0.3) is 0 Å². The van der Waals surface area contributed by atoms with Crippen molar-refractivity contribution in [2.24, 2.45) is 0 Å². The van der Waals surface area contributed by atoms with Crippen LogP contribution in [0.4, 0.5) is 14.5 Å². The zero-order valence-electron chi connectivity index (χ0n) is 10.3. The molecule has 0 aliphatic rings. The van der Waals surface area contributed by atoms with E-state index in [1.54, 1.807) is 0 Å². The highest BCUT2D eigenvalue weighted by molar-refractivity contribution is 5.41. The highest BCUT2D eigenvalue weighted by Gasteiger charge is 2.17. The number of para-hydroxylation sites is 1. The number of hydrogen-bond acceptors (Lipinski definition) is 3. The number of nitrogens with zero attached hydrogens (tertiary/aromatic N) is 2. The Bertz CT molecular complexity index is 514. The number of hydrogen-bond donors (Lipinski definition) is 1. The molecule has 1 heterocycles. The molecule has 0 amide bonds. The third kappa shape index (κ3) is 3.43. The van der Waals surface area contributed by atoms with Crippen molar-refractivity contribution in [3.05, 3.63) is 42.2 Å². The molecule has 0 aliphatic carbocycles. The highest BCUT2D eigenvalue weighted by Crippen LogP contribution is 2.24. The molecule has 0 atom stereocenters. The predicted molar refractivity (Wildman–Crippen MR) is 68.2 cm³/mol. The third-order valence-corrected chi connectivity index (χ3v) is 2.64. The van der Waals surface area contributed by atoms with Crippen LogP contribution in [0.1, 0.15) is 18.5 Å². The van der Waals surface area contributed by atoms with Crippen molar-refractivity contribution in [2.45, 2.75) is 19.4 Å². The van der Waals surface area contributed by atoms with Crippen LogP contribution in [-0.2, 0) is 6.54 Å². The van der Waals surface area contributed by atoms with Crippen molar-refractivity contribution in [3.8, 4) is 5.75 Å². The Morgan fingerprint density at radius 2 is 2.00 bits per heavy atom. The number of benzene rings is 1. The van der Waals surface area contributed by atoms with Crippen molar-refractivity contribution in [1.29, 1.82) is 0 Å². The fourth-order valence-electron chi connectivity index (χ4n) is 1.75. The second-order valence-electron chi connectivity index (χ2n) is 4.02. The van der Waals surface area contributed by atoms with Gasteiger partial charge in [0, 0.05) is 13.0 Å². The summed E-state index contributed by atoms with van der Waals surface area (Å²) in [5, 5.41) is 3.84. The molecule has 0 aliphatic heterocycles. The zero-order chi connectivity index (χ0) is 13.7. The van der Waals surface area contributed by atoms with Gasteiger partial charge in [-0.25, -0.2) is 8.78 Å². The number of alkyl halides is 2. The summed E-state index contributed by atoms with van der Waals surface area (Å²) < 4.78 is 32.2. The second-order valence-corrected chi connectivity index (χ2v) is 4.02. The summed E-state index contributed by atoms with van der Waals surface area (Å²) >= 11 is 0. The molecule has 2 N–H and O–H groups in total. The molecule has 1 aromatic carbocycles. The third-order valence-electron chi connectivity index (χ3n) is 2.64. The minimum absolute atomic E-state index is 0.0268. The lowest BCUT2D eigenvalue weighted by molar-refractivity contribution is 0.139. The summed E-state index contributed by atoms with van der Waals surface area (Å²) in [6.45, 7) is 0.788. The van der Waals surface area contributed by atoms with Gasteiger partial charge in [0.25, 0.3) is 6.43 Å². The van der Waals surface area contributed by atoms with Crippen LogP contribution >= 0.6 is 0 Å². The molecule has 2 aromatic rings. The SMILES string of the molecule is Nc1cnn(CCCOc2ccccc2)c1C(F)F. The van der Waals surface area contributed by atoms with E-state index in [4.69, 9.17) is 10.5 Å². The molecule has 4 nitrogen and oxygen atoms in total. The topological polar surface area (TPSA) is 53.1 Å². The van der Waals surface area contributed by atoms with E-state index in [-0.39, 0.29) is 11.4 Å². The number of rotatable bonds is 6. The summed E-state index contributed by atoms with van der Waals surface area (Å²) in [6.07, 6.45) is -0.785. The summed E-state index contributed by atoms with van der Waals surface area (Å²) in [7, 11) is 0. The first-order valence-electron chi connectivity index (χ1n) is 5.95. The molecular formula is C13H15F2N3O. The normalized spacial score (nSPS) is 10.9. The number of anilines is 1. The van der Waals surface area contributed by atoms with Crippen LogP contribution in [0.5, 0.6) is 5.75 Å². The monoisotopic (exact) mass is 267 g/mol. The van der Waals surface area contributed by atoms with Gasteiger partial charge in [-0.15, -0.1) is 0 Å². The second kappa shape index (κ2) is 6.17. The Morgan fingerprint density at radius 3 is 2.68 bits per heavy atom. The van der Waals surface area contributed by atoms with E-state index in [9.17, 15) is 8.78 Å². The summed E-state index contributed by atoms with van der Waals surface area (Å²) in [5.74, 6) is 0.761. The van der Waals surface area contributed by atoms with Crippen molar-refractivity contribution in [1.82, 2.24) is 9.78 Å². The lowest BCUT2D eigenvalue weighted by Crippen LogP contribution is -2.10.